The van der Waals surface area contributed by atoms with Crippen molar-refractivity contribution in [3.63, 3.8) is 0 Å². The Morgan fingerprint density at radius 3 is 2.65 bits per heavy atom. The predicted octanol–water partition coefficient (Wildman–Crippen LogP) is 4.12. The first-order valence-corrected chi connectivity index (χ1v) is 10.8. The van der Waals surface area contributed by atoms with Crippen molar-refractivity contribution in [2.75, 3.05) is 23.3 Å². The van der Waals surface area contributed by atoms with E-state index < -0.39 is 4.92 Å². The second-order valence-corrected chi connectivity index (χ2v) is 8.29. The molecule has 3 aromatic rings. The number of carbonyl (C=O) groups is 1. The molecule has 1 aliphatic heterocycles. The Morgan fingerprint density at radius 1 is 1.16 bits per heavy atom. The molecule has 1 fully saturated rings. The molecule has 0 spiro atoms. The van der Waals surface area contributed by atoms with Crippen LogP contribution in [0.4, 0.5) is 17.1 Å². The minimum absolute atomic E-state index is 0.148. The summed E-state index contributed by atoms with van der Waals surface area (Å²) < 4.78 is 1.67. The average molecular weight is 439 g/mol. The Bertz CT molecular complexity index is 1110. The molecule has 9 nitrogen and oxygen atoms in total. The topological polar surface area (TPSA) is 106 Å². The Labute approximate surface area is 183 Å². The number of aryl methyl sites for hydroxylation is 1. The molecular weight excluding hydrogens is 416 g/mol. The van der Waals surface area contributed by atoms with Gasteiger partial charge in [0.15, 0.2) is 5.16 Å². The first kappa shape index (κ1) is 20.9. The fraction of sp³-hybridized carbons (Fsp3) is 0.286. The standard InChI is InChI=1S/C21H22N6O3S/c1-25-14-22-24-21(25)31-19-10-9-15(13-18(19)27(29)30)20(28)23-16-7-3-4-8-17(16)26-11-5-2-6-12-26/h3-4,7-10,13-14H,2,5-6,11-12H2,1H3,(H,23,28). The number of aromatic nitrogens is 3. The number of nitrogens with one attached hydrogen (secondary N) is 1. The van der Waals surface area contributed by atoms with Gasteiger partial charge < -0.3 is 14.8 Å². The molecule has 0 saturated carbocycles. The Hall–Kier alpha value is -3.40. The number of rotatable bonds is 6. The lowest BCUT2D eigenvalue weighted by Gasteiger charge is -2.30. The van der Waals surface area contributed by atoms with Crippen molar-refractivity contribution in [1.82, 2.24) is 14.8 Å². The van der Waals surface area contributed by atoms with E-state index in [4.69, 9.17) is 0 Å². The Balaban J connectivity index is 1.57. The smallest absolute Gasteiger partial charge is 0.284 e. The third kappa shape index (κ3) is 4.69. The lowest BCUT2D eigenvalue weighted by molar-refractivity contribution is -0.387. The molecule has 2 heterocycles. The normalized spacial score (nSPS) is 13.8. The average Bonchev–Trinajstić information content (AvgIpc) is 3.19. The van der Waals surface area contributed by atoms with E-state index in [1.54, 1.807) is 23.7 Å². The molecular formula is C21H22N6O3S. The van der Waals surface area contributed by atoms with E-state index in [2.05, 4.69) is 20.4 Å². The monoisotopic (exact) mass is 438 g/mol. The molecule has 0 atom stereocenters. The molecule has 1 N–H and O–H groups in total. The van der Waals surface area contributed by atoms with Crippen molar-refractivity contribution in [3.05, 3.63) is 64.5 Å². The minimum Gasteiger partial charge on any atom is -0.370 e. The molecule has 1 aliphatic rings. The SMILES string of the molecule is Cn1cnnc1Sc1ccc(C(=O)Nc2ccccc2N2CCCCC2)cc1[N+](=O)[O-]. The van der Waals surface area contributed by atoms with E-state index in [0.29, 0.717) is 15.7 Å². The number of hydrogen-bond acceptors (Lipinski definition) is 7. The van der Waals surface area contributed by atoms with Crippen LogP contribution in [-0.4, -0.2) is 38.7 Å². The molecule has 1 amide bonds. The van der Waals surface area contributed by atoms with Crippen LogP contribution in [0.15, 0.2) is 58.8 Å². The number of hydrogen-bond donors (Lipinski definition) is 1. The van der Waals surface area contributed by atoms with Crippen molar-refractivity contribution in [3.8, 4) is 0 Å². The molecule has 1 aromatic heterocycles. The maximum atomic E-state index is 12.9. The highest BCUT2D eigenvalue weighted by atomic mass is 32.2. The van der Waals surface area contributed by atoms with Crippen molar-refractivity contribution in [1.29, 1.82) is 0 Å². The number of carbonyl (C=O) groups excluding carboxylic acids is 1. The highest BCUT2D eigenvalue weighted by molar-refractivity contribution is 7.99. The largest absolute Gasteiger partial charge is 0.370 e. The second-order valence-electron chi connectivity index (χ2n) is 7.29. The van der Waals surface area contributed by atoms with Gasteiger partial charge in [0, 0.05) is 31.8 Å². The first-order chi connectivity index (χ1) is 15.0. The molecule has 10 heteroatoms. The van der Waals surface area contributed by atoms with Gasteiger partial charge in [0.05, 0.1) is 21.2 Å². The predicted molar refractivity (Wildman–Crippen MR) is 119 cm³/mol. The van der Waals surface area contributed by atoms with Gasteiger partial charge in [0.1, 0.15) is 6.33 Å². The number of piperidine rings is 1. The molecule has 0 bridgehead atoms. The maximum absolute atomic E-state index is 12.9. The van der Waals surface area contributed by atoms with Crippen LogP contribution in [0, 0.1) is 10.1 Å². The van der Waals surface area contributed by atoms with Crippen LogP contribution in [0.2, 0.25) is 0 Å². The number of nitro benzene ring substituents is 1. The van der Waals surface area contributed by atoms with Crippen LogP contribution in [0.25, 0.3) is 0 Å². The number of nitro groups is 1. The summed E-state index contributed by atoms with van der Waals surface area (Å²) in [5, 5.41) is 22.8. The summed E-state index contributed by atoms with van der Waals surface area (Å²) >= 11 is 1.13. The quantitative estimate of drug-likeness (QED) is 0.456. The summed E-state index contributed by atoms with van der Waals surface area (Å²) in [5.74, 6) is -0.386. The van der Waals surface area contributed by atoms with Gasteiger partial charge in [-0.15, -0.1) is 10.2 Å². The molecule has 160 valence electrons. The minimum atomic E-state index is -0.489. The van der Waals surface area contributed by atoms with Gasteiger partial charge in [0.2, 0.25) is 0 Å². The van der Waals surface area contributed by atoms with Gasteiger partial charge in [-0.2, -0.15) is 0 Å². The number of anilines is 2. The van der Waals surface area contributed by atoms with E-state index in [-0.39, 0.29) is 17.2 Å². The molecule has 0 unspecified atom stereocenters. The second kappa shape index (κ2) is 9.17. The Morgan fingerprint density at radius 2 is 1.94 bits per heavy atom. The summed E-state index contributed by atoms with van der Waals surface area (Å²) in [6, 6.07) is 12.1. The van der Waals surface area contributed by atoms with Gasteiger partial charge in [-0.05, 0) is 55.3 Å². The molecule has 4 rings (SSSR count). The van der Waals surface area contributed by atoms with Gasteiger partial charge in [-0.25, -0.2) is 0 Å². The highest BCUT2D eigenvalue weighted by Crippen LogP contribution is 2.35. The summed E-state index contributed by atoms with van der Waals surface area (Å²) in [6.45, 7) is 1.90. The fourth-order valence-electron chi connectivity index (χ4n) is 3.54. The molecule has 0 radical (unpaired) electrons. The summed E-state index contributed by atoms with van der Waals surface area (Å²) in [5.41, 5.74) is 1.75. The lowest BCUT2D eigenvalue weighted by Crippen LogP contribution is -2.30. The van der Waals surface area contributed by atoms with Gasteiger partial charge >= 0.3 is 0 Å². The van der Waals surface area contributed by atoms with Crippen molar-refractivity contribution in [2.24, 2.45) is 7.05 Å². The van der Waals surface area contributed by atoms with Crippen molar-refractivity contribution in [2.45, 2.75) is 29.3 Å². The Kier molecular flexibility index (Phi) is 6.17. The van der Waals surface area contributed by atoms with Gasteiger partial charge in [0.25, 0.3) is 11.6 Å². The zero-order valence-corrected chi connectivity index (χ0v) is 17.8. The van der Waals surface area contributed by atoms with Crippen molar-refractivity contribution < 1.29 is 9.72 Å². The van der Waals surface area contributed by atoms with Crippen LogP contribution < -0.4 is 10.2 Å². The maximum Gasteiger partial charge on any atom is 0.284 e. The van der Waals surface area contributed by atoms with Crippen LogP contribution in [0.3, 0.4) is 0 Å². The van der Waals surface area contributed by atoms with E-state index in [1.165, 1.54) is 18.8 Å². The van der Waals surface area contributed by atoms with E-state index in [9.17, 15) is 14.9 Å². The molecule has 2 aromatic carbocycles. The van der Waals surface area contributed by atoms with Crippen LogP contribution in [0.5, 0.6) is 0 Å². The third-order valence-electron chi connectivity index (χ3n) is 5.14. The summed E-state index contributed by atoms with van der Waals surface area (Å²) in [7, 11) is 1.76. The molecule has 31 heavy (non-hydrogen) atoms. The van der Waals surface area contributed by atoms with Crippen LogP contribution in [0.1, 0.15) is 29.6 Å². The number of nitrogens with zero attached hydrogens (tertiary/aromatic N) is 5. The lowest BCUT2D eigenvalue weighted by atomic mass is 10.1. The first-order valence-electron chi connectivity index (χ1n) is 9.98. The van der Waals surface area contributed by atoms with Gasteiger partial charge in [-0.3, -0.25) is 14.9 Å². The number of para-hydroxylation sites is 2. The fourth-order valence-corrected chi connectivity index (χ4v) is 4.39. The summed E-state index contributed by atoms with van der Waals surface area (Å²) in [6.07, 6.45) is 4.99. The summed E-state index contributed by atoms with van der Waals surface area (Å²) in [4.78, 5) is 26.7. The van der Waals surface area contributed by atoms with Crippen molar-refractivity contribution >= 4 is 34.7 Å². The van der Waals surface area contributed by atoms with E-state index in [0.717, 1.165) is 43.4 Å². The zero-order valence-electron chi connectivity index (χ0n) is 17.0. The van der Waals surface area contributed by atoms with E-state index in [1.807, 2.05) is 24.3 Å². The van der Waals surface area contributed by atoms with Crippen LogP contribution in [-0.2, 0) is 7.05 Å². The third-order valence-corrected chi connectivity index (χ3v) is 6.26. The van der Waals surface area contributed by atoms with Gasteiger partial charge in [-0.1, -0.05) is 12.1 Å². The van der Waals surface area contributed by atoms with E-state index >= 15 is 0 Å². The zero-order chi connectivity index (χ0) is 21.8. The van der Waals surface area contributed by atoms with Crippen LogP contribution >= 0.6 is 11.8 Å². The highest BCUT2D eigenvalue weighted by Gasteiger charge is 2.21. The number of amides is 1. The number of benzene rings is 2. The molecule has 1 saturated heterocycles. The molecule has 0 aliphatic carbocycles.